The van der Waals surface area contributed by atoms with Crippen molar-refractivity contribution in [2.24, 2.45) is 0 Å². The molecule has 1 atom stereocenters. The normalized spacial score (nSPS) is 19.2. The van der Waals surface area contributed by atoms with Crippen LogP contribution in [0.25, 0.3) is 0 Å². The summed E-state index contributed by atoms with van der Waals surface area (Å²) in [6, 6.07) is 7.85. The average Bonchev–Trinajstić information content (AvgIpc) is 2.49. The van der Waals surface area contributed by atoms with Gasteiger partial charge in [-0.05, 0) is 38.8 Å². The third-order valence-corrected chi connectivity index (χ3v) is 3.19. The van der Waals surface area contributed by atoms with Gasteiger partial charge in [-0.25, -0.2) is 0 Å². The molecule has 1 fully saturated rings. The second-order valence-electron chi connectivity index (χ2n) is 4.73. The van der Waals surface area contributed by atoms with Crippen molar-refractivity contribution in [1.82, 2.24) is 0 Å². The molecular weight excluding hydrogens is 256 g/mol. The molecule has 20 heavy (non-hydrogen) atoms. The van der Waals surface area contributed by atoms with Crippen LogP contribution in [0.3, 0.4) is 0 Å². The van der Waals surface area contributed by atoms with Gasteiger partial charge >= 0.3 is 0 Å². The fourth-order valence-electron chi connectivity index (χ4n) is 2.20. The van der Waals surface area contributed by atoms with Crippen molar-refractivity contribution in [3.63, 3.8) is 0 Å². The fourth-order valence-corrected chi connectivity index (χ4v) is 2.20. The first-order valence-corrected chi connectivity index (χ1v) is 7.45. The molecule has 1 unspecified atom stereocenters. The molecule has 0 aromatic heterocycles. The van der Waals surface area contributed by atoms with Crippen molar-refractivity contribution in [1.29, 1.82) is 0 Å². The van der Waals surface area contributed by atoms with Gasteiger partial charge in [-0.3, -0.25) is 0 Å². The molecule has 0 bridgehead atoms. The van der Waals surface area contributed by atoms with Gasteiger partial charge in [0.1, 0.15) is 5.75 Å². The van der Waals surface area contributed by atoms with Gasteiger partial charge in [0, 0.05) is 25.2 Å². The molecule has 1 aromatic carbocycles. The van der Waals surface area contributed by atoms with Crippen LogP contribution in [0.2, 0.25) is 0 Å². The Morgan fingerprint density at radius 1 is 1.10 bits per heavy atom. The minimum Gasteiger partial charge on any atom is -0.465 e. The van der Waals surface area contributed by atoms with E-state index in [1.54, 1.807) is 0 Å². The number of rotatable bonds is 7. The van der Waals surface area contributed by atoms with E-state index in [1.807, 2.05) is 38.1 Å². The molecule has 0 aliphatic carbocycles. The summed E-state index contributed by atoms with van der Waals surface area (Å²) < 4.78 is 22.5. The third-order valence-electron chi connectivity index (χ3n) is 3.19. The zero-order valence-electron chi connectivity index (χ0n) is 12.3. The fraction of sp³-hybridized carbons (Fsp3) is 0.625. The van der Waals surface area contributed by atoms with Crippen molar-refractivity contribution in [2.75, 3.05) is 19.8 Å². The largest absolute Gasteiger partial charge is 0.465 e. The number of ether oxygens (including phenoxy) is 4. The van der Waals surface area contributed by atoms with E-state index < -0.39 is 0 Å². The van der Waals surface area contributed by atoms with Crippen molar-refractivity contribution < 1.29 is 18.9 Å². The number of benzene rings is 1. The highest BCUT2D eigenvalue weighted by molar-refractivity contribution is 5.28. The van der Waals surface area contributed by atoms with E-state index in [0.717, 1.165) is 30.8 Å². The van der Waals surface area contributed by atoms with Crippen LogP contribution in [0.15, 0.2) is 24.3 Å². The number of hydrogen-bond donors (Lipinski definition) is 0. The predicted octanol–water partition coefficient (Wildman–Crippen LogP) is 3.66. The Kier molecular flexibility index (Phi) is 6.30. The third kappa shape index (κ3) is 4.47. The Morgan fingerprint density at radius 2 is 1.80 bits per heavy atom. The molecule has 1 aliphatic heterocycles. The second kappa shape index (κ2) is 8.25. The van der Waals surface area contributed by atoms with Gasteiger partial charge in [-0.1, -0.05) is 12.1 Å². The smallest absolute Gasteiger partial charge is 0.199 e. The maximum Gasteiger partial charge on any atom is 0.199 e. The molecule has 0 N–H and O–H groups in total. The van der Waals surface area contributed by atoms with E-state index in [0.29, 0.717) is 13.2 Å². The molecule has 112 valence electrons. The summed E-state index contributed by atoms with van der Waals surface area (Å²) in [6.45, 7) is 5.96. The van der Waals surface area contributed by atoms with Crippen molar-refractivity contribution in [2.45, 2.75) is 45.7 Å². The van der Waals surface area contributed by atoms with E-state index in [1.165, 1.54) is 6.42 Å². The minimum absolute atomic E-state index is 0.107. The van der Waals surface area contributed by atoms with Crippen LogP contribution >= 0.6 is 0 Å². The lowest BCUT2D eigenvalue weighted by Crippen LogP contribution is -2.24. The molecule has 1 aromatic rings. The predicted molar refractivity (Wildman–Crippen MR) is 76.7 cm³/mol. The van der Waals surface area contributed by atoms with Crippen LogP contribution in [0, 0.1) is 0 Å². The highest BCUT2D eigenvalue weighted by Gasteiger charge is 2.16. The summed E-state index contributed by atoms with van der Waals surface area (Å²) in [6.07, 6.45) is 2.85. The first-order valence-electron chi connectivity index (χ1n) is 7.45. The van der Waals surface area contributed by atoms with Gasteiger partial charge < -0.3 is 18.9 Å². The van der Waals surface area contributed by atoms with Crippen LogP contribution in [0.5, 0.6) is 5.75 Å². The lowest BCUT2D eigenvalue weighted by Gasteiger charge is -2.23. The average molecular weight is 280 g/mol. The van der Waals surface area contributed by atoms with Gasteiger partial charge in [0.2, 0.25) is 0 Å². The highest BCUT2D eigenvalue weighted by atomic mass is 16.7. The Bertz CT molecular complexity index is 365. The van der Waals surface area contributed by atoms with Crippen LogP contribution < -0.4 is 4.74 Å². The van der Waals surface area contributed by atoms with Crippen LogP contribution in [0.1, 0.15) is 45.0 Å². The quantitative estimate of drug-likeness (QED) is 0.714. The molecular formula is C16H24O4. The molecule has 0 radical (unpaired) electrons. The van der Waals surface area contributed by atoms with Gasteiger partial charge in [-0.15, -0.1) is 0 Å². The minimum atomic E-state index is -0.301. The zero-order chi connectivity index (χ0) is 14.2. The maximum atomic E-state index is 5.81. The molecule has 1 saturated heterocycles. The monoisotopic (exact) mass is 280 g/mol. The van der Waals surface area contributed by atoms with Gasteiger partial charge in [0.25, 0.3) is 0 Å². The summed E-state index contributed by atoms with van der Waals surface area (Å²) in [4.78, 5) is 0. The van der Waals surface area contributed by atoms with Crippen molar-refractivity contribution >= 4 is 0 Å². The van der Waals surface area contributed by atoms with Crippen LogP contribution in [-0.2, 0) is 14.2 Å². The first kappa shape index (κ1) is 15.3. The Labute approximate surface area is 121 Å². The molecule has 1 heterocycles. The standard InChI is InChI=1S/C16H24O4/c1-3-17-16(18-4-2)13-8-10-14(11-9-13)20-15-7-5-6-12-19-15/h8-11,15-16H,3-7,12H2,1-2H3. The van der Waals surface area contributed by atoms with Crippen LogP contribution in [0.4, 0.5) is 0 Å². The van der Waals surface area contributed by atoms with Gasteiger partial charge in [-0.2, -0.15) is 0 Å². The van der Waals surface area contributed by atoms with Crippen molar-refractivity contribution in [3.8, 4) is 5.75 Å². The molecule has 1 aliphatic rings. The topological polar surface area (TPSA) is 36.9 Å². The molecule has 4 heteroatoms. The van der Waals surface area contributed by atoms with Gasteiger partial charge in [0.05, 0.1) is 6.61 Å². The Morgan fingerprint density at radius 3 is 2.35 bits per heavy atom. The summed E-state index contributed by atoms with van der Waals surface area (Å²) in [5, 5.41) is 0. The zero-order valence-corrected chi connectivity index (χ0v) is 12.3. The number of hydrogen-bond acceptors (Lipinski definition) is 4. The van der Waals surface area contributed by atoms with E-state index >= 15 is 0 Å². The summed E-state index contributed by atoms with van der Waals surface area (Å²) in [5.41, 5.74) is 1.01. The SMILES string of the molecule is CCOC(OCC)c1ccc(OC2CCCCO2)cc1. The van der Waals surface area contributed by atoms with Crippen molar-refractivity contribution in [3.05, 3.63) is 29.8 Å². The summed E-state index contributed by atoms with van der Waals surface area (Å²) >= 11 is 0. The molecule has 4 nitrogen and oxygen atoms in total. The molecule has 0 spiro atoms. The summed E-state index contributed by atoms with van der Waals surface area (Å²) in [5.74, 6) is 0.826. The molecule has 0 saturated carbocycles. The summed E-state index contributed by atoms with van der Waals surface area (Å²) in [7, 11) is 0. The molecule has 2 rings (SSSR count). The van der Waals surface area contributed by atoms with E-state index in [9.17, 15) is 0 Å². The van der Waals surface area contributed by atoms with Gasteiger partial charge in [0.15, 0.2) is 12.6 Å². The second-order valence-corrected chi connectivity index (χ2v) is 4.73. The van der Waals surface area contributed by atoms with Crippen LogP contribution in [-0.4, -0.2) is 26.1 Å². The Balaban J connectivity index is 1.93. The lowest BCUT2D eigenvalue weighted by atomic mass is 10.2. The maximum absolute atomic E-state index is 5.81. The molecule has 0 amide bonds. The lowest BCUT2D eigenvalue weighted by molar-refractivity contribution is -0.140. The van der Waals surface area contributed by atoms with E-state index in [-0.39, 0.29) is 12.6 Å². The first-order chi connectivity index (χ1) is 9.83. The Hall–Kier alpha value is -1.10. The van der Waals surface area contributed by atoms with E-state index in [2.05, 4.69) is 0 Å². The highest BCUT2D eigenvalue weighted by Crippen LogP contribution is 2.24. The van der Waals surface area contributed by atoms with E-state index in [4.69, 9.17) is 18.9 Å².